The molecule has 6 heteroatoms. The molecule has 0 aliphatic heterocycles. The van der Waals surface area contributed by atoms with Gasteiger partial charge in [0.2, 0.25) is 5.91 Å². The van der Waals surface area contributed by atoms with Crippen LogP contribution in [0.1, 0.15) is 5.56 Å². The molecule has 0 saturated carbocycles. The SMILES string of the molecule is Cc1cccc(-n2c(SCC(N)=O)nc3ccccc3c2=O)c1. The molecule has 0 aliphatic rings. The van der Waals surface area contributed by atoms with Crippen LogP contribution >= 0.6 is 11.8 Å². The Balaban J connectivity index is 2.27. The van der Waals surface area contributed by atoms with Crippen LogP contribution in [0.3, 0.4) is 0 Å². The molecule has 0 aliphatic carbocycles. The van der Waals surface area contributed by atoms with Crippen LogP contribution in [0.2, 0.25) is 0 Å². The highest BCUT2D eigenvalue weighted by molar-refractivity contribution is 7.99. The fourth-order valence-corrected chi connectivity index (χ4v) is 3.09. The Morgan fingerprint density at radius 3 is 2.74 bits per heavy atom. The molecule has 1 heterocycles. The van der Waals surface area contributed by atoms with Gasteiger partial charge in [-0.2, -0.15) is 0 Å². The average molecular weight is 325 g/mol. The van der Waals surface area contributed by atoms with Gasteiger partial charge in [-0.05, 0) is 36.8 Å². The predicted octanol–water partition coefficient (Wildman–Crippen LogP) is 2.27. The Bertz CT molecular complexity index is 950. The second kappa shape index (κ2) is 6.26. The number of primary amides is 1. The number of carbonyl (C=O) groups is 1. The summed E-state index contributed by atoms with van der Waals surface area (Å²) in [6.07, 6.45) is 0. The molecule has 0 unspecified atom stereocenters. The summed E-state index contributed by atoms with van der Waals surface area (Å²) in [6.45, 7) is 1.96. The van der Waals surface area contributed by atoms with Crippen LogP contribution in [-0.2, 0) is 4.79 Å². The summed E-state index contributed by atoms with van der Waals surface area (Å²) in [5.74, 6) is -0.385. The molecule has 2 aromatic carbocycles. The van der Waals surface area contributed by atoms with Gasteiger partial charge in [0.15, 0.2) is 5.16 Å². The number of amides is 1. The molecular weight excluding hydrogens is 310 g/mol. The predicted molar refractivity (Wildman–Crippen MR) is 92.0 cm³/mol. The first-order valence-corrected chi connectivity index (χ1v) is 8.05. The van der Waals surface area contributed by atoms with E-state index in [1.807, 2.05) is 43.3 Å². The van der Waals surface area contributed by atoms with Crippen molar-refractivity contribution in [1.82, 2.24) is 9.55 Å². The molecule has 116 valence electrons. The van der Waals surface area contributed by atoms with E-state index in [4.69, 9.17) is 5.73 Å². The number of aryl methyl sites for hydroxylation is 1. The number of nitrogens with zero attached hydrogens (tertiary/aromatic N) is 2. The van der Waals surface area contributed by atoms with Crippen LogP contribution in [-0.4, -0.2) is 21.2 Å². The Labute approximate surface area is 137 Å². The summed E-state index contributed by atoms with van der Waals surface area (Å²) in [5.41, 5.74) is 7.43. The van der Waals surface area contributed by atoms with E-state index in [0.717, 1.165) is 23.0 Å². The van der Waals surface area contributed by atoms with Crippen molar-refractivity contribution in [1.29, 1.82) is 0 Å². The molecule has 2 N–H and O–H groups in total. The number of para-hydroxylation sites is 1. The van der Waals surface area contributed by atoms with E-state index in [2.05, 4.69) is 4.98 Å². The summed E-state index contributed by atoms with van der Waals surface area (Å²) in [7, 11) is 0. The van der Waals surface area contributed by atoms with E-state index in [1.54, 1.807) is 12.1 Å². The molecule has 3 aromatic rings. The van der Waals surface area contributed by atoms with Crippen molar-refractivity contribution in [3.05, 3.63) is 64.4 Å². The van der Waals surface area contributed by atoms with Gasteiger partial charge in [-0.1, -0.05) is 36.0 Å². The summed E-state index contributed by atoms with van der Waals surface area (Å²) in [5, 5.41) is 0.996. The Morgan fingerprint density at radius 1 is 1.22 bits per heavy atom. The van der Waals surface area contributed by atoms with Crippen molar-refractivity contribution in [2.75, 3.05) is 5.75 Å². The molecule has 3 rings (SSSR count). The molecule has 0 fully saturated rings. The maximum Gasteiger partial charge on any atom is 0.266 e. The Morgan fingerprint density at radius 2 is 2.00 bits per heavy atom. The molecule has 1 aromatic heterocycles. The Hall–Kier alpha value is -2.60. The highest BCUT2D eigenvalue weighted by Gasteiger charge is 2.14. The quantitative estimate of drug-likeness (QED) is 0.589. The van der Waals surface area contributed by atoms with Gasteiger partial charge in [0.05, 0.1) is 22.3 Å². The van der Waals surface area contributed by atoms with E-state index in [0.29, 0.717) is 16.1 Å². The summed E-state index contributed by atoms with van der Waals surface area (Å²) in [6, 6.07) is 14.8. The van der Waals surface area contributed by atoms with Crippen LogP contribution in [0.5, 0.6) is 0 Å². The van der Waals surface area contributed by atoms with E-state index >= 15 is 0 Å². The zero-order valence-corrected chi connectivity index (χ0v) is 13.3. The lowest BCUT2D eigenvalue weighted by Crippen LogP contribution is -2.23. The van der Waals surface area contributed by atoms with E-state index < -0.39 is 5.91 Å². The molecule has 5 nitrogen and oxygen atoms in total. The number of aromatic nitrogens is 2. The standard InChI is InChI=1S/C17H15N3O2S/c1-11-5-4-6-12(9-11)20-16(22)13-7-2-3-8-14(13)19-17(20)23-10-15(18)21/h2-9H,10H2,1H3,(H2,18,21). The minimum atomic E-state index is -0.451. The molecule has 23 heavy (non-hydrogen) atoms. The summed E-state index contributed by atoms with van der Waals surface area (Å²) < 4.78 is 1.53. The molecule has 0 bridgehead atoms. The maximum atomic E-state index is 12.9. The lowest BCUT2D eigenvalue weighted by atomic mass is 10.2. The maximum absolute atomic E-state index is 12.9. The third kappa shape index (κ3) is 3.12. The van der Waals surface area contributed by atoms with Crippen molar-refractivity contribution in [3.63, 3.8) is 0 Å². The molecule has 0 atom stereocenters. The zero-order chi connectivity index (χ0) is 16.4. The molecule has 0 saturated heterocycles. The number of hydrogen-bond donors (Lipinski definition) is 1. The van der Waals surface area contributed by atoms with Gasteiger partial charge in [-0.15, -0.1) is 0 Å². The zero-order valence-electron chi connectivity index (χ0n) is 12.5. The molecule has 0 radical (unpaired) electrons. The van der Waals surface area contributed by atoms with Crippen LogP contribution in [0.4, 0.5) is 0 Å². The average Bonchev–Trinajstić information content (AvgIpc) is 2.53. The van der Waals surface area contributed by atoms with Crippen LogP contribution in [0, 0.1) is 6.92 Å². The number of benzene rings is 2. The number of carbonyl (C=O) groups excluding carboxylic acids is 1. The van der Waals surface area contributed by atoms with Crippen molar-refractivity contribution in [2.45, 2.75) is 12.1 Å². The van der Waals surface area contributed by atoms with Gasteiger partial charge in [0.25, 0.3) is 5.56 Å². The van der Waals surface area contributed by atoms with E-state index in [-0.39, 0.29) is 11.3 Å². The fraction of sp³-hybridized carbons (Fsp3) is 0.118. The van der Waals surface area contributed by atoms with Gasteiger partial charge in [0.1, 0.15) is 0 Å². The number of hydrogen-bond acceptors (Lipinski definition) is 4. The number of rotatable bonds is 4. The summed E-state index contributed by atoms with van der Waals surface area (Å²) >= 11 is 1.16. The lowest BCUT2D eigenvalue weighted by Gasteiger charge is -2.13. The number of thioether (sulfide) groups is 1. The fourth-order valence-electron chi connectivity index (χ4n) is 2.34. The van der Waals surface area contributed by atoms with Gasteiger partial charge in [0, 0.05) is 0 Å². The third-order valence-electron chi connectivity index (χ3n) is 3.35. The highest BCUT2D eigenvalue weighted by Crippen LogP contribution is 2.21. The lowest BCUT2D eigenvalue weighted by molar-refractivity contribution is -0.115. The van der Waals surface area contributed by atoms with Crippen LogP contribution < -0.4 is 11.3 Å². The third-order valence-corrected chi connectivity index (χ3v) is 4.31. The highest BCUT2D eigenvalue weighted by atomic mass is 32.2. The van der Waals surface area contributed by atoms with Gasteiger partial charge in [-0.3, -0.25) is 14.2 Å². The van der Waals surface area contributed by atoms with E-state index in [9.17, 15) is 9.59 Å². The van der Waals surface area contributed by atoms with Gasteiger partial charge in [-0.25, -0.2) is 4.98 Å². The minimum Gasteiger partial charge on any atom is -0.369 e. The van der Waals surface area contributed by atoms with Crippen LogP contribution in [0.25, 0.3) is 16.6 Å². The first-order valence-electron chi connectivity index (χ1n) is 7.06. The number of nitrogens with two attached hydrogens (primary N) is 1. The van der Waals surface area contributed by atoms with Gasteiger partial charge < -0.3 is 5.73 Å². The molecule has 0 spiro atoms. The van der Waals surface area contributed by atoms with Crippen molar-refractivity contribution in [3.8, 4) is 5.69 Å². The first-order chi connectivity index (χ1) is 11.1. The molecular formula is C17H15N3O2S. The van der Waals surface area contributed by atoms with Crippen molar-refractivity contribution >= 4 is 28.6 Å². The van der Waals surface area contributed by atoms with Crippen LogP contribution in [0.15, 0.2) is 58.5 Å². The molecule has 1 amide bonds. The topological polar surface area (TPSA) is 78.0 Å². The second-order valence-electron chi connectivity index (χ2n) is 5.15. The Kier molecular flexibility index (Phi) is 4.16. The number of fused-ring (bicyclic) bond motifs is 1. The largest absolute Gasteiger partial charge is 0.369 e. The monoisotopic (exact) mass is 325 g/mol. The van der Waals surface area contributed by atoms with E-state index in [1.165, 1.54) is 4.57 Å². The van der Waals surface area contributed by atoms with Gasteiger partial charge >= 0.3 is 0 Å². The second-order valence-corrected chi connectivity index (χ2v) is 6.09. The van der Waals surface area contributed by atoms with Crippen molar-refractivity contribution < 1.29 is 4.79 Å². The normalized spacial score (nSPS) is 10.8. The summed E-state index contributed by atoms with van der Waals surface area (Å²) in [4.78, 5) is 28.5. The first kappa shape index (κ1) is 15.3. The minimum absolute atomic E-state index is 0.0661. The van der Waals surface area contributed by atoms with Crippen molar-refractivity contribution in [2.24, 2.45) is 5.73 Å². The smallest absolute Gasteiger partial charge is 0.266 e.